The molecule has 1 atom stereocenters. The SMILES string of the molecule is CC1(Oc2ccc3ccccc3c2)OC(=O)c2ccccc2O1. The van der Waals surface area contributed by atoms with Crippen LogP contribution in [0.15, 0.2) is 66.7 Å². The molecule has 1 aliphatic heterocycles. The maximum Gasteiger partial charge on any atom is 0.416 e. The van der Waals surface area contributed by atoms with Gasteiger partial charge in [0, 0.05) is 0 Å². The number of rotatable bonds is 2. The first-order valence-electron chi connectivity index (χ1n) is 7.32. The van der Waals surface area contributed by atoms with Gasteiger partial charge in [0.05, 0.1) is 6.92 Å². The highest BCUT2D eigenvalue weighted by Crippen LogP contribution is 2.33. The van der Waals surface area contributed by atoms with Crippen LogP contribution in [0.5, 0.6) is 11.5 Å². The average Bonchev–Trinajstić information content (AvgIpc) is 2.54. The Kier molecular flexibility index (Phi) is 2.98. The lowest BCUT2D eigenvalue weighted by molar-refractivity contribution is -0.263. The molecule has 0 saturated heterocycles. The van der Waals surface area contributed by atoms with Crippen LogP contribution < -0.4 is 9.47 Å². The summed E-state index contributed by atoms with van der Waals surface area (Å²) >= 11 is 0. The van der Waals surface area contributed by atoms with Gasteiger partial charge in [-0.05, 0) is 35.0 Å². The summed E-state index contributed by atoms with van der Waals surface area (Å²) < 4.78 is 16.9. The molecule has 23 heavy (non-hydrogen) atoms. The van der Waals surface area contributed by atoms with Crippen LogP contribution in [-0.2, 0) is 4.74 Å². The monoisotopic (exact) mass is 306 g/mol. The second-order valence-corrected chi connectivity index (χ2v) is 5.46. The minimum atomic E-state index is -1.49. The molecule has 0 aliphatic carbocycles. The fourth-order valence-electron chi connectivity index (χ4n) is 2.65. The van der Waals surface area contributed by atoms with Crippen LogP contribution in [0.3, 0.4) is 0 Å². The summed E-state index contributed by atoms with van der Waals surface area (Å²) in [5.41, 5.74) is 0.395. The summed E-state index contributed by atoms with van der Waals surface area (Å²) in [6, 6.07) is 20.6. The molecule has 3 aromatic rings. The highest BCUT2D eigenvalue weighted by Gasteiger charge is 2.40. The number of para-hydroxylation sites is 1. The van der Waals surface area contributed by atoms with E-state index >= 15 is 0 Å². The lowest BCUT2D eigenvalue weighted by atomic mass is 10.1. The van der Waals surface area contributed by atoms with Crippen molar-refractivity contribution < 1.29 is 19.0 Å². The highest BCUT2D eigenvalue weighted by molar-refractivity contribution is 5.93. The van der Waals surface area contributed by atoms with Crippen molar-refractivity contribution in [2.75, 3.05) is 0 Å². The Bertz CT molecular complexity index is 903. The molecule has 0 saturated carbocycles. The maximum atomic E-state index is 12.1. The summed E-state index contributed by atoms with van der Waals surface area (Å²) in [5.74, 6) is -0.936. The average molecular weight is 306 g/mol. The van der Waals surface area contributed by atoms with Crippen LogP contribution in [-0.4, -0.2) is 11.9 Å². The van der Waals surface area contributed by atoms with Gasteiger partial charge in [-0.3, -0.25) is 0 Å². The zero-order valence-electron chi connectivity index (χ0n) is 12.5. The number of ether oxygens (including phenoxy) is 3. The second kappa shape index (κ2) is 5.02. The Morgan fingerprint density at radius 3 is 2.48 bits per heavy atom. The van der Waals surface area contributed by atoms with E-state index in [1.54, 1.807) is 31.2 Å². The Morgan fingerprint density at radius 1 is 0.870 bits per heavy atom. The van der Waals surface area contributed by atoms with E-state index in [4.69, 9.17) is 14.2 Å². The van der Waals surface area contributed by atoms with E-state index in [1.165, 1.54) is 0 Å². The van der Waals surface area contributed by atoms with E-state index in [0.29, 0.717) is 17.1 Å². The van der Waals surface area contributed by atoms with E-state index in [0.717, 1.165) is 10.8 Å². The van der Waals surface area contributed by atoms with E-state index in [-0.39, 0.29) is 0 Å². The fourth-order valence-corrected chi connectivity index (χ4v) is 2.65. The Morgan fingerprint density at radius 2 is 1.61 bits per heavy atom. The van der Waals surface area contributed by atoms with Crippen LogP contribution in [0.25, 0.3) is 10.8 Å². The standard InChI is InChI=1S/C19H14O4/c1-19(22-17-9-5-4-8-16(17)18(20)23-19)21-15-11-10-13-6-2-3-7-14(13)12-15/h2-12H,1H3. The van der Waals surface area contributed by atoms with Crippen molar-refractivity contribution in [3.8, 4) is 11.5 Å². The lowest BCUT2D eigenvalue weighted by Crippen LogP contribution is -2.46. The Balaban J connectivity index is 1.66. The van der Waals surface area contributed by atoms with Crippen LogP contribution in [0, 0.1) is 0 Å². The largest absolute Gasteiger partial charge is 0.421 e. The number of hydrogen-bond acceptors (Lipinski definition) is 4. The lowest BCUT2D eigenvalue weighted by Gasteiger charge is -2.33. The van der Waals surface area contributed by atoms with Crippen LogP contribution in [0.1, 0.15) is 17.3 Å². The Hall–Kier alpha value is -3.01. The zero-order valence-corrected chi connectivity index (χ0v) is 12.5. The first kappa shape index (κ1) is 13.6. The molecule has 0 spiro atoms. The third-order valence-electron chi connectivity index (χ3n) is 3.70. The number of carbonyl (C=O) groups is 1. The molecule has 4 rings (SSSR count). The number of benzene rings is 3. The van der Waals surface area contributed by atoms with Gasteiger partial charge in [0.1, 0.15) is 17.1 Å². The highest BCUT2D eigenvalue weighted by atomic mass is 16.9. The van der Waals surface area contributed by atoms with Gasteiger partial charge in [-0.1, -0.05) is 42.5 Å². The van der Waals surface area contributed by atoms with Crippen molar-refractivity contribution in [3.05, 3.63) is 72.3 Å². The van der Waals surface area contributed by atoms with Gasteiger partial charge in [-0.25, -0.2) is 4.79 Å². The number of esters is 1. The number of carbonyl (C=O) groups excluding carboxylic acids is 1. The van der Waals surface area contributed by atoms with Crippen molar-refractivity contribution in [3.63, 3.8) is 0 Å². The first-order chi connectivity index (χ1) is 11.1. The minimum Gasteiger partial charge on any atom is -0.421 e. The third kappa shape index (κ3) is 2.48. The van der Waals surface area contributed by atoms with Crippen molar-refractivity contribution in [1.29, 1.82) is 0 Å². The second-order valence-electron chi connectivity index (χ2n) is 5.46. The van der Waals surface area contributed by atoms with Gasteiger partial charge in [0.2, 0.25) is 0 Å². The first-order valence-corrected chi connectivity index (χ1v) is 7.32. The minimum absolute atomic E-state index is 0.395. The van der Waals surface area contributed by atoms with Gasteiger partial charge in [-0.2, -0.15) is 0 Å². The van der Waals surface area contributed by atoms with Crippen LogP contribution >= 0.6 is 0 Å². The molecule has 1 aliphatic rings. The number of hydrogen-bond donors (Lipinski definition) is 0. The molecule has 1 unspecified atom stereocenters. The molecule has 0 N–H and O–H groups in total. The van der Waals surface area contributed by atoms with E-state index in [9.17, 15) is 4.79 Å². The molecule has 114 valence electrons. The number of cyclic esters (lactones) is 1. The van der Waals surface area contributed by atoms with Crippen molar-refractivity contribution >= 4 is 16.7 Å². The summed E-state index contributed by atoms with van der Waals surface area (Å²) in [6.45, 7) is 1.58. The Labute approximate surface area is 133 Å². The predicted molar refractivity (Wildman–Crippen MR) is 85.5 cm³/mol. The molecule has 0 amide bonds. The number of fused-ring (bicyclic) bond motifs is 2. The van der Waals surface area contributed by atoms with Crippen LogP contribution in [0.4, 0.5) is 0 Å². The molecule has 4 heteroatoms. The zero-order chi connectivity index (χ0) is 15.9. The van der Waals surface area contributed by atoms with E-state index in [1.807, 2.05) is 42.5 Å². The van der Waals surface area contributed by atoms with Crippen molar-refractivity contribution in [2.45, 2.75) is 12.9 Å². The molecule has 0 bridgehead atoms. The van der Waals surface area contributed by atoms with Crippen molar-refractivity contribution in [1.82, 2.24) is 0 Å². The van der Waals surface area contributed by atoms with Crippen LogP contribution in [0.2, 0.25) is 0 Å². The molecular weight excluding hydrogens is 292 g/mol. The summed E-state index contributed by atoms with van der Waals surface area (Å²) in [5, 5.41) is 2.15. The quantitative estimate of drug-likeness (QED) is 0.667. The molecule has 3 aromatic carbocycles. The van der Waals surface area contributed by atoms with Gasteiger partial charge in [-0.15, -0.1) is 0 Å². The maximum absolute atomic E-state index is 12.1. The molecule has 0 aromatic heterocycles. The van der Waals surface area contributed by atoms with Crippen molar-refractivity contribution in [2.24, 2.45) is 0 Å². The van der Waals surface area contributed by atoms with Gasteiger partial charge < -0.3 is 14.2 Å². The normalized spacial score (nSPS) is 19.6. The van der Waals surface area contributed by atoms with Gasteiger partial charge in [0.25, 0.3) is 0 Å². The summed E-state index contributed by atoms with van der Waals surface area (Å²) in [7, 11) is 0. The molecule has 0 radical (unpaired) electrons. The predicted octanol–water partition coefficient (Wildman–Crippen LogP) is 4.14. The molecular formula is C19H14O4. The fraction of sp³-hybridized carbons (Fsp3) is 0.105. The third-order valence-corrected chi connectivity index (χ3v) is 3.70. The topological polar surface area (TPSA) is 44.8 Å². The van der Waals surface area contributed by atoms with E-state index < -0.39 is 11.9 Å². The summed E-state index contributed by atoms with van der Waals surface area (Å²) in [4.78, 5) is 12.1. The van der Waals surface area contributed by atoms with Gasteiger partial charge >= 0.3 is 11.9 Å². The van der Waals surface area contributed by atoms with Gasteiger partial charge in [0.15, 0.2) is 0 Å². The molecule has 0 fully saturated rings. The summed E-state index contributed by atoms with van der Waals surface area (Å²) in [6.07, 6.45) is 0. The molecule has 4 nitrogen and oxygen atoms in total. The smallest absolute Gasteiger partial charge is 0.416 e. The van der Waals surface area contributed by atoms with E-state index in [2.05, 4.69) is 0 Å². The molecule has 1 heterocycles.